The van der Waals surface area contributed by atoms with Gasteiger partial charge in [0, 0.05) is 6.54 Å². The van der Waals surface area contributed by atoms with Crippen molar-refractivity contribution in [3.8, 4) is 6.07 Å². The molecule has 82 valence electrons. The normalized spacial score (nSPS) is 27.4. The molecule has 1 atom stereocenters. The van der Waals surface area contributed by atoms with Gasteiger partial charge in [0.15, 0.2) is 0 Å². The van der Waals surface area contributed by atoms with E-state index in [1.807, 2.05) is 0 Å². The molecule has 6 heteroatoms. The molecule has 0 aromatic heterocycles. The van der Waals surface area contributed by atoms with Crippen LogP contribution in [0.15, 0.2) is 0 Å². The highest BCUT2D eigenvalue weighted by Gasteiger charge is 2.36. The second-order valence-electron chi connectivity index (χ2n) is 3.28. The van der Waals surface area contributed by atoms with Crippen molar-refractivity contribution in [2.45, 2.75) is 12.3 Å². The van der Waals surface area contributed by atoms with Crippen molar-refractivity contribution < 1.29 is 8.78 Å². The predicted octanol–water partition coefficient (Wildman–Crippen LogP) is 0.766. The lowest BCUT2D eigenvalue weighted by atomic mass is 10.2. The van der Waals surface area contributed by atoms with Crippen LogP contribution in [-0.2, 0) is 0 Å². The van der Waals surface area contributed by atoms with Crippen molar-refractivity contribution in [1.29, 1.82) is 5.26 Å². The molecule has 2 fully saturated rings. The Kier molecular flexibility index (Phi) is 5.93. The van der Waals surface area contributed by atoms with Gasteiger partial charge in [0.2, 0.25) is 0 Å². The van der Waals surface area contributed by atoms with Crippen molar-refractivity contribution in [1.82, 2.24) is 10.6 Å². The molecule has 0 bridgehead atoms. The molecule has 2 rings (SSSR count). The molecule has 2 aliphatic heterocycles. The molecular formula is C8H14ClF2N3. The van der Waals surface area contributed by atoms with E-state index in [-0.39, 0.29) is 25.5 Å². The van der Waals surface area contributed by atoms with Gasteiger partial charge in [-0.15, -0.1) is 12.4 Å². The van der Waals surface area contributed by atoms with E-state index >= 15 is 0 Å². The summed E-state index contributed by atoms with van der Waals surface area (Å²) in [4.78, 5) is 0. The Bertz CT molecular complexity index is 193. The number of halogens is 3. The average Bonchev–Trinajstić information content (AvgIpc) is 2.54. The minimum atomic E-state index is -2.39. The van der Waals surface area contributed by atoms with Crippen LogP contribution in [0.3, 0.4) is 0 Å². The summed E-state index contributed by atoms with van der Waals surface area (Å²) in [7, 11) is 0. The Morgan fingerprint density at radius 3 is 2.00 bits per heavy atom. The first-order valence-electron chi connectivity index (χ1n) is 4.33. The molecule has 0 amide bonds. The maximum atomic E-state index is 11.5. The molecule has 14 heavy (non-hydrogen) atoms. The van der Waals surface area contributed by atoms with Crippen LogP contribution < -0.4 is 10.6 Å². The summed E-state index contributed by atoms with van der Waals surface area (Å²) in [5, 5.41) is 13.8. The molecule has 0 radical (unpaired) electrons. The van der Waals surface area contributed by atoms with Crippen molar-refractivity contribution in [3.63, 3.8) is 0 Å². The fourth-order valence-corrected chi connectivity index (χ4v) is 1.08. The van der Waals surface area contributed by atoms with Crippen LogP contribution in [-0.4, -0.2) is 32.1 Å². The molecule has 0 aliphatic carbocycles. The van der Waals surface area contributed by atoms with Gasteiger partial charge in [0.25, 0.3) is 5.92 Å². The zero-order chi connectivity index (χ0) is 9.73. The van der Waals surface area contributed by atoms with E-state index in [2.05, 4.69) is 16.7 Å². The van der Waals surface area contributed by atoms with E-state index in [1.54, 1.807) is 0 Å². The summed E-state index contributed by atoms with van der Waals surface area (Å²) in [6, 6.07) is 2.20. The van der Waals surface area contributed by atoms with E-state index < -0.39 is 5.92 Å². The van der Waals surface area contributed by atoms with Crippen LogP contribution in [0.25, 0.3) is 0 Å². The average molecular weight is 226 g/mol. The van der Waals surface area contributed by atoms with Gasteiger partial charge in [-0.3, -0.25) is 0 Å². The number of nitriles is 1. The molecule has 0 aromatic carbocycles. The Morgan fingerprint density at radius 1 is 1.29 bits per heavy atom. The van der Waals surface area contributed by atoms with E-state index in [0.29, 0.717) is 5.92 Å². The highest BCUT2D eigenvalue weighted by molar-refractivity contribution is 5.85. The minimum Gasteiger partial charge on any atom is -0.315 e. The molecule has 2 N–H and O–H groups in total. The third-order valence-corrected chi connectivity index (χ3v) is 2.01. The fourth-order valence-electron chi connectivity index (χ4n) is 1.08. The van der Waals surface area contributed by atoms with Gasteiger partial charge in [-0.25, -0.2) is 8.78 Å². The van der Waals surface area contributed by atoms with Gasteiger partial charge in [-0.2, -0.15) is 5.26 Å². The summed E-state index contributed by atoms with van der Waals surface area (Å²) >= 11 is 0. The van der Waals surface area contributed by atoms with Crippen molar-refractivity contribution >= 4 is 12.4 Å². The van der Waals surface area contributed by atoms with Crippen molar-refractivity contribution in [3.05, 3.63) is 0 Å². The molecule has 2 saturated heterocycles. The lowest BCUT2D eigenvalue weighted by molar-refractivity contribution is -0.0475. The molecule has 2 heterocycles. The third kappa shape index (κ3) is 4.70. The van der Waals surface area contributed by atoms with Crippen LogP contribution in [0, 0.1) is 17.2 Å². The van der Waals surface area contributed by atoms with Gasteiger partial charge >= 0.3 is 0 Å². The maximum Gasteiger partial charge on any atom is 0.272 e. The Labute approximate surface area is 88.3 Å². The number of nitrogens with zero attached hydrogens (tertiary/aromatic N) is 1. The Hall–Kier alpha value is -0.440. The molecule has 1 unspecified atom stereocenters. The van der Waals surface area contributed by atoms with Crippen LogP contribution in [0.5, 0.6) is 0 Å². The quantitative estimate of drug-likeness (QED) is 0.640. The Balaban J connectivity index is 0.000000227. The lowest BCUT2D eigenvalue weighted by Gasteiger charge is -2.25. The summed E-state index contributed by atoms with van der Waals surface area (Å²) < 4.78 is 23.0. The summed E-state index contributed by atoms with van der Waals surface area (Å²) in [6.07, 6.45) is 1.04. The van der Waals surface area contributed by atoms with Gasteiger partial charge in [0.1, 0.15) is 0 Å². The van der Waals surface area contributed by atoms with Crippen LogP contribution >= 0.6 is 12.4 Å². The predicted molar refractivity (Wildman–Crippen MR) is 51.7 cm³/mol. The summed E-state index contributed by atoms with van der Waals surface area (Å²) in [6.45, 7) is 1.66. The molecule has 2 aliphatic rings. The second-order valence-corrected chi connectivity index (χ2v) is 3.28. The van der Waals surface area contributed by atoms with Crippen LogP contribution in [0.1, 0.15) is 6.42 Å². The van der Waals surface area contributed by atoms with E-state index in [9.17, 15) is 8.78 Å². The van der Waals surface area contributed by atoms with Gasteiger partial charge in [-0.05, 0) is 13.0 Å². The van der Waals surface area contributed by atoms with Crippen molar-refractivity contribution in [2.75, 3.05) is 26.2 Å². The maximum absolute atomic E-state index is 11.5. The van der Waals surface area contributed by atoms with E-state index in [1.165, 1.54) is 0 Å². The zero-order valence-electron chi connectivity index (χ0n) is 7.72. The first-order chi connectivity index (χ1) is 6.14. The van der Waals surface area contributed by atoms with Gasteiger partial charge < -0.3 is 10.6 Å². The molecule has 3 nitrogen and oxygen atoms in total. The SMILES string of the molecule is Cl.FC1(F)CNC1.N#CC1CCNC1. The fraction of sp³-hybridized carbons (Fsp3) is 0.875. The second kappa shape index (κ2) is 6.12. The van der Waals surface area contributed by atoms with Crippen LogP contribution in [0.4, 0.5) is 8.78 Å². The number of hydrogen-bond donors (Lipinski definition) is 2. The van der Waals surface area contributed by atoms with E-state index in [4.69, 9.17) is 5.26 Å². The lowest BCUT2D eigenvalue weighted by Crippen LogP contribution is -2.52. The first kappa shape index (κ1) is 13.6. The molecule has 0 aromatic rings. The number of nitrogens with one attached hydrogen (secondary N) is 2. The van der Waals surface area contributed by atoms with Gasteiger partial charge in [0.05, 0.1) is 25.1 Å². The smallest absolute Gasteiger partial charge is 0.272 e. The summed E-state index contributed by atoms with van der Waals surface area (Å²) in [5.41, 5.74) is 0. The number of rotatable bonds is 0. The zero-order valence-corrected chi connectivity index (χ0v) is 8.54. The topological polar surface area (TPSA) is 47.9 Å². The van der Waals surface area contributed by atoms with Crippen molar-refractivity contribution in [2.24, 2.45) is 5.92 Å². The highest BCUT2D eigenvalue weighted by atomic mass is 35.5. The monoisotopic (exact) mass is 225 g/mol. The molecular weight excluding hydrogens is 212 g/mol. The third-order valence-electron chi connectivity index (χ3n) is 2.01. The molecule has 0 spiro atoms. The van der Waals surface area contributed by atoms with Crippen LogP contribution in [0.2, 0.25) is 0 Å². The number of alkyl halides is 2. The standard InChI is InChI=1S/C5H8N2.C3H5F2N.ClH/c6-3-5-1-2-7-4-5;4-3(5)1-6-2-3;/h5,7H,1-2,4H2;6H,1-2H2;1H. The van der Waals surface area contributed by atoms with E-state index in [0.717, 1.165) is 19.5 Å². The highest BCUT2D eigenvalue weighted by Crippen LogP contribution is 2.16. The summed E-state index contributed by atoms with van der Waals surface area (Å²) in [5.74, 6) is -2.10. The largest absolute Gasteiger partial charge is 0.315 e. The molecule has 0 saturated carbocycles. The minimum absolute atomic E-state index is 0. The number of hydrogen-bond acceptors (Lipinski definition) is 3. The Morgan fingerprint density at radius 2 is 1.86 bits per heavy atom. The first-order valence-corrected chi connectivity index (χ1v) is 4.33. The van der Waals surface area contributed by atoms with Gasteiger partial charge in [-0.1, -0.05) is 0 Å².